The average Bonchev–Trinajstić information content (AvgIpc) is 2.88. The van der Waals surface area contributed by atoms with E-state index in [1.54, 1.807) is 0 Å². The monoisotopic (exact) mass is 252 g/mol. The Kier molecular flexibility index (Phi) is 3.51. The van der Waals surface area contributed by atoms with Gasteiger partial charge in [-0.1, -0.05) is 47.7 Å². The van der Waals surface area contributed by atoms with Crippen molar-refractivity contribution >= 4 is 11.0 Å². The van der Waals surface area contributed by atoms with Crippen molar-refractivity contribution in [2.24, 2.45) is 0 Å². The van der Waals surface area contributed by atoms with Gasteiger partial charge < -0.3 is 5.32 Å². The Morgan fingerprint density at radius 1 is 0.947 bits per heavy atom. The van der Waals surface area contributed by atoms with Crippen LogP contribution in [0.5, 0.6) is 0 Å². The molecule has 0 amide bonds. The highest BCUT2D eigenvalue weighted by Gasteiger charge is 2.02. The van der Waals surface area contributed by atoms with E-state index in [2.05, 4.69) is 39.9 Å². The number of nitrogens with zero attached hydrogens (tertiary/aromatic N) is 3. The molecule has 96 valence electrons. The smallest absolute Gasteiger partial charge is 0.113 e. The largest absolute Gasteiger partial charge is 0.311 e. The predicted octanol–water partition coefficient (Wildman–Crippen LogP) is 2.22. The molecule has 4 nitrogen and oxygen atoms in total. The molecule has 2 aromatic carbocycles. The minimum absolute atomic E-state index is 0.827. The second-order valence-electron chi connectivity index (χ2n) is 4.46. The van der Waals surface area contributed by atoms with E-state index < -0.39 is 0 Å². The zero-order chi connectivity index (χ0) is 12.9. The van der Waals surface area contributed by atoms with E-state index >= 15 is 0 Å². The number of benzene rings is 2. The van der Waals surface area contributed by atoms with Crippen molar-refractivity contribution in [1.29, 1.82) is 0 Å². The van der Waals surface area contributed by atoms with Crippen LogP contribution in [0.15, 0.2) is 54.6 Å². The van der Waals surface area contributed by atoms with Gasteiger partial charge in [0.15, 0.2) is 0 Å². The van der Waals surface area contributed by atoms with Gasteiger partial charge in [-0.25, -0.2) is 4.68 Å². The molecule has 19 heavy (non-hydrogen) atoms. The van der Waals surface area contributed by atoms with E-state index in [1.807, 2.05) is 35.0 Å². The van der Waals surface area contributed by atoms with Crippen molar-refractivity contribution in [3.05, 3.63) is 60.2 Å². The van der Waals surface area contributed by atoms with Crippen molar-refractivity contribution in [2.45, 2.75) is 13.1 Å². The van der Waals surface area contributed by atoms with E-state index in [4.69, 9.17) is 0 Å². The number of hydrogen-bond donors (Lipinski definition) is 1. The van der Waals surface area contributed by atoms with E-state index in [9.17, 15) is 0 Å². The summed E-state index contributed by atoms with van der Waals surface area (Å²) in [5.41, 5.74) is 3.33. The van der Waals surface area contributed by atoms with Crippen LogP contribution in [0.4, 0.5) is 0 Å². The maximum Gasteiger partial charge on any atom is 0.113 e. The normalized spacial score (nSPS) is 10.9. The van der Waals surface area contributed by atoms with Gasteiger partial charge in [-0.3, -0.25) is 0 Å². The molecule has 3 aromatic rings. The van der Waals surface area contributed by atoms with E-state index in [1.165, 1.54) is 5.56 Å². The van der Waals surface area contributed by atoms with Gasteiger partial charge in [-0.2, -0.15) is 0 Å². The van der Waals surface area contributed by atoms with Crippen molar-refractivity contribution in [1.82, 2.24) is 20.3 Å². The average molecular weight is 252 g/mol. The fourth-order valence-corrected chi connectivity index (χ4v) is 2.10. The first kappa shape index (κ1) is 11.9. The highest BCUT2D eigenvalue weighted by Crippen LogP contribution is 2.08. The molecule has 1 heterocycles. The number of rotatable bonds is 5. The van der Waals surface area contributed by atoms with Gasteiger partial charge >= 0.3 is 0 Å². The van der Waals surface area contributed by atoms with Gasteiger partial charge in [-0.05, 0) is 17.7 Å². The fraction of sp³-hybridized carbons (Fsp3) is 0.200. The summed E-state index contributed by atoms with van der Waals surface area (Å²) in [6, 6.07) is 18.4. The number of para-hydroxylation sites is 1. The third kappa shape index (κ3) is 2.80. The molecular weight excluding hydrogens is 236 g/mol. The van der Waals surface area contributed by atoms with Gasteiger partial charge in [0.05, 0.1) is 12.1 Å². The van der Waals surface area contributed by atoms with Gasteiger partial charge in [-0.15, -0.1) is 5.10 Å². The van der Waals surface area contributed by atoms with Crippen LogP contribution in [-0.4, -0.2) is 21.5 Å². The second kappa shape index (κ2) is 5.63. The molecular formula is C15H16N4. The Bertz CT molecular complexity index is 645. The molecule has 0 aliphatic carbocycles. The van der Waals surface area contributed by atoms with Crippen molar-refractivity contribution < 1.29 is 0 Å². The molecule has 0 aliphatic heterocycles. The Hall–Kier alpha value is -2.20. The second-order valence-corrected chi connectivity index (χ2v) is 4.46. The van der Waals surface area contributed by atoms with Crippen molar-refractivity contribution in [2.75, 3.05) is 6.54 Å². The standard InChI is InChI=1S/C15H16N4/c1-2-6-13(7-3-1)12-16-10-11-19-15-9-5-4-8-14(15)17-18-19/h1-9,16H,10-12H2. The quantitative estimate of drug-likeness (QED) is 0.708. The lowest BCUT2D eigenvalue weighted by molar-refractivity contribution is 0.552. The maximum atomic E-state index is 4.17. The summed E-state index contributed by atoms with van der Waals surface area (Å²) in [4.78, 5) is 0. The highest BCUT2D eigenvalue weighted by molar-refractivity contribution is 5.73. The number of aromatic nitrogens is 3. The van der Waals surface area contributed by atoms with Crippen LogP contribution >= 0.6 is 0 Å². The third-order valence-corrected chi connectivity index (χ3v) is 3.09. The van der Waals surface area contributed by atoms with Crippen LogP contribution < -0.4 is 5.32 Å². The molecule has 0 spiro atoms. The van der Waals surface area contributed by atoms with Crippen LogP contribution in [-0.2, 0) is 13.1 Å². The summed E-state index contributed by atoms with van der Waals surface area (Å²) in [5, 5.41) is 11.7. The Labute approximate surface area is 112 Å². The van der Waals surface area contributed by atoms with Crippen molar-refractivity contribution in [3.63, 3.8) is 0 Å². The fourth-order valence-electron chi connectivity index (χ4n) is 2.10. The molecule has 1 aromatic heterocycles. The lowest BCUT2D eigenvalue weighted by atomic mass is 10.2. The molecule has 3 rings (SSSR count). The summed E-state index contributed by atoms with van der Waals surface area (Å²) < 4.78 is 1.94. The molecule has 0 saturated carbocycles. The summed E-state index contributed by atoms with van der Waals surface area (Å²) >= 11 is 0. The first-order chi connectivity index (χ1) is 9.43. The van der Waals surface area contributed by atoms with Crippen LogP contribution in [0.1, 0.15) is 5.56 Å². The van der Waals surface area contributed by atoms with Crippen molar-refractivity contribution in [3.8, 4) is 0 Å². The minimum Gasteiger partial charge on any atom is -0.311 e. The third-order valence-electron chi connectivity index (χ3n) is 3.09. The predicted molar refractivity (Wildman–Crippen MR) is 75.7 cm³/mol. The number of hydrogen-bond acceptors (Lipinski definition) is 3. The minimum atomic E-state index is 0.827. The number of nitrogens with one attached hydrogen (secondary N) is 1. The first-order valence-corrected chi connectivity index (χ1v) is 6.46. The lowest BCUT2D eigenvalue weighted by Crippen LogP contribution is -2.20. The molecule has 0 atom stereocenters. The zero-order valence-electron chi connectivity index (χ0n) is 10.7. The molecule has 0 aliphatic rings. The van der Waals surface area contributed by atoms with E-state index in [0.717, 1.165) is 30.7 Å². The molecule has 0 radical (unpaired) electrons. The Morgan fingerprint density at radius 3 is 2.63 bits per heavy atom. The topological polar surface area (TPSA) is 42.7 Å². The van der Waals surface area contributed by atoms with Gasteiger partial charge in [0, 0.05) is 13.1 Å². The van der Waals surface area contributed by atoms with E-state index in [-0.39, 0.29) is 0 Å². The molecule has 1 N–H and O–H groups in total. The Balaban J connectivity index is 1.55. The van der Waals surface area contributed by atoms with E-state index in [0.29, 0.717) is 0 Å². The SMILES string of the molecule is c1ccc(CNCCn2nnc3ccccc32)cc1. The summed E-state index contributed by atoms with van der Waals surface area (Å²) in [7, 11) is 0. The van der Waals surface area contributed by atoms with Crippen LogP contribution in [0.3, 0.4) is 0 Å². The van der Waals surface area contributed by atoms with Crippen LogP contribution in [0.25, 0.3) is 11.0 Å². The number of fused-ring (bicyclic) bond motifs is 1. The summed E-state index contributed by atoms with van der Waals surface area (Å²) in [5.74, 6) is 0. The Morgan fingerprint density at radius 2 is 1.74 bits per heavy atom. The molecule has 0 unspecified atom stereocenters. The van der Waals surface area contributed by atoms with Crippen LogP contribution in [0, 0.1) is 0 Å². The molecule has 0 saturated heterocycles. The lowest BCUT2D eigenvalue weighted by Gasteiger charge is -2.05. The van der Waals surface area contributed by atoms with Crippen LogP contribution in [0.2, 0.25) is 0 Å². The molecule has 4 heteroatoms. The maximum absolute atomic E-state index is 4.17. The van der Waals surface area contributed by atoms with Gasteiger partial charge in [0.1, 0.15) is 5.52 Å². The van der Waals surface area contributed by atoms with Gasteiger partial charge in [0.25, 0.3) is 0 Å². The highest BCUT2D eigenvalue weighted by atomic mass is 15.4. The first-order valence-electron chi connectivity index (χ1n) is 6.46. The molecule has 0 bridgehead atoms. The van der Waals surface area contributed by atoms with Gasteiger partial charge in [0.2, 0.25) is 0 Å². The summed E-state index contributed by atoms with van der Waals surface area (Å²) in [6.07, 6.45) is 0. The summed E-state index contributed by atoms with van der Waals surface area (Å²) in [6.45, 7) is 2.59. The molecule has 0 fully saturated rings. The zero-order valence-corrected chi connectivity index (χ0v) is 10.7.